The number of aromatic nitrogens is 10. The largest absolute Gasteiger partial charge is 0.493 e. The molecule has 15 heteroatoms. The standard InChI is InChI=1S/C17H17N5O2S.C17H17N5OS/c1-3-24-16-4-5-18-15(10(16)2)8-25(23)17-21-13-6-11-12(20-9-19-11)7-14(13)22-17;1-3-23-16-4-5-18-15(10(16)2)8-24-17-21-13-6-11-12(20-9-19-11)7-14(13)22-17/h4-7,9H,3,8H2,1-2H3,(H,19,20)(H,21,22);4-7,9H,3,8H2,1-2H3,(H,19,20)(H,21,22). The lowest BCUT2D eigenvalue weighted by Crippen LogP contribution is -2.04. The Labute approximate surface area is 287 Å². The maximum Gasteiger partial charge on any atom is 0.197 e. The molecule has 8 rings (SSSR count). The van der Waals surface area contributed by atoms with Crippen LogP contribution >= 0.6 is 11.8 Å². The van der Waals surface area contributed by atoms with Gasteiger partial charge in [-0.15, -0.1) is 0 Å². The van der Waals surface area contributed by atoms with Gasteiger partial charge in [0.05, 0.1) is 97.9 Å². The van der Waals surface area contributed by atoms with Crippen LogP contribution in [-0.4, -0.2) is 67.3 Å². The molecular formula is C34H34N10O3S2. The second-order valence-electron chi connectivity index (χ2n) is 11.1. The van der Waals surface area contributed by atoms with E-state index in [1.165, 1.54) is 0 Å². The third-order valence-electron chi connectivity index (χ3n) is 7.95. The molecule has 0 saturated carbocycles. The summed E-state index contributed by atoms with van der Waals surface area (Å²) in [5.41, 5.74) is 10.9. The second kappa shape index (κ2) is 14.1. The van der Waals surface area contributed by atoms with E-state index in [1.54, 1.807) is 36.8 Å². The fraction of sp³-hybridized carbons (Fsp3) is 0.235. The van der Waals surface area contributed by atoms with Gasteiger partial charge in [0.25, 0.3) is 0 Å². The number of hydrogen-bond acceptors (Lipinski definition) is 10. The molecule has 0 amide bonds. The van der Waals surface area contributed by atoms with Gasteiger partial charge in [-0.1, -0.05) is 11.8 Å². The molecule has 0 radical (unpaired) electrons. The molecule has 49 heavy (non-hydrogen) atoms. The molecule has 0 spiro atoms. The van der Waals surface area contributed by atoms with Crippen molar-refractivity contribution < 1.29 is 13.7 Å². The van der Waals surface area contributed by atoms with Gasteiger partial charge in [-0.3, -0.25) is 14.2 Å². The Morgan fingerprint density at radius 2 is 1.27 bits per heavy atom. The van der Waals surface area contributed by atoms with Crippen molar-refractivity contribution in [2.24, 2.45) is 0 Å². The molecule has 0 bridgehead atoms. The number of nitrogens with one attached hydrogen (secondary N) is 4. The van der Waals surface area contributed by atoms with E-state index in [1.807, 2.05) is 64.1 Å². The number of imidazole rings is 4. The van der Waals surface area contributed by atoms with Crippen LogP contribution < -0.4 is 9.47 Å². The summed E-state index contributed by atoms with van der Waals surface area (Å²) in [6.07, 6.45) is 6.81. The maximum atomic E-state index is 12.7. The van der Waals surface area contributed by atoms with Gasteiger partial charge in [0.1, 0.15) is 11.5 Å². The fourth-order valence-electron chi connectivity index (χ4n) is 5.37. The maximum absolute atomic E-state index is 12.7. The molecule has 8 aromatic rings. The van der Waals surface area contributed by atoms with E-state index in [2.05, 4.69) is 49.8 Å². The van der Waals surface area contributed by atoms with Gasteiger partial charge in [0.15, 0.2) is 10.3 Å². The highest BCUT2D eigenvalue weighted by molar-refractivity contribution is 7.98. The molecule has 1 atom stereocenters. The van der Waals surface area contributed by atoms with E-state index in [0.717, 1.165) is 89.1 Å². The highest BCUT2D eigenvalue weighted by Gasteiger charge is 2.16. The van der Waals surface area contributed by atoms with Crippen molar-refractivity contribution in [1.29, 1.82) is 0 Å². The first kappa shape index (κ1) is 32.3. The van der Waals surface area contributed by atoms with Gasteiger partial charge in [-0.2, -0.15) is 0 Å². The molecule has 0 fully saturated rings. The van der Waals surface area contributed by atoms with Crippen molar-refractivity contribution in [2.45, 2.75) is 49.5 Å². The lowest BCUT2D eigenvalue weighted by molar-refractivity contribution is 0.337. The van der Waals surface area contributed by atoms with Gasteiger partial charge in [0.2, 0.25) is 0 Å². The van der Waals surface area contributed by atoms with E-state index < -0.39 is 10.8 Å². The summed E-state index contributed by atoms with van der Waals surface area (Å²) in [5, 5.41) is 1.31. The summed E-state index contributed by atoms with van der Waals surface area (Å²) in [6.45, 7) is 9.12. The van der Waals surface area contributed by atoms with E-state index >= 15 is 0 Å². The first-order valence-corrected chi connectivity index (χ1v) is 18.0. The average molecular weight is 695 g/mol. The quantitative estimate of drug-likeness (QED) is 0.113. The summed E-state index contributed by atoms with van der Waals surface area (Å²) in [7, 11) is -1.33. The summed E-state index contributed by atoms with van der Waals surface area (Å²) in [6, 6.07) is 11.5. The SMILES string of the molecule is CCOc1ccnc(CS(=O)c2nc3cc4nc[nH]c4cc3[nH]2)c1C.CCOc1ccnc(CSc2nc3cc4nc[nH]c4cc3[nH]2)c1C. The number of hydrogen-bond donors (Lipinski definition) is 4. The second-order valence-corrected chi connectivity index (χ2v) is 13.4. The Bertz CT molecular complexity index is 2330. The van der Waals surface area contributed by atoms with Crippen LogP contribution in [0.25, 0.3) is 44.1 Å². The van der Waals surface area contributed by atoms with Crippen molar-refractivity contribution >= 4 is 66.7 Å². The zero-order valence-corrected chi connectivity index (χ0v) is 29.0. The van der Waals surface area contributed by atoms with E-state index in [-0.39, 0.29) is 5.75 Å². The molecule has 2 aromatic carbocycles. The smallest absolute Gasteiger partial charge is 0.197 e. The van der Waals surface area contributed by atoms with Gasteiger partial charge < -0.3 is 29.4 Å². The molecule has 0 aliphatic rings. The van der Waals surface area contributed by atoms with Crippen LogP contribution in [0.4, 0.5) is 0 Å². The number of H-pyrrole nitrogens is 4. The van der Waals surface area contributed by atoms with Gasteiger partial charge in [0, 0.05) is 29.3 Å². The molecule has 6 aromatic heterocycles. The van der Waals surface area contributed by atoms with E-state index in [9.17, 15) is 4.21 Å². The van der Waals surface area contributed by atoms with Gasteiger partial charge in [-0.25, -0.2) is 19.9 Å². The number of rotatable bonds is 10. The van der Waals surface area contributed by atoms with Crippen LogP contribution in [0.5, 0.6) is 11.5 Å². The third-order valence-corrected chi connectivity index (χ3v) is 9.99. The zero-order valence-electron chi connectivity index (χ0n) is 27.3. The molecule has 250 valence electrons. The third kappa shape index (κ3) is 6.85. The number of thioether (sulfide) groups is 1. The first-order chi connectivity index (χ1) is 23.9. The summed E-state index contributed by atoms with van der Waals surface area (Å²) in [4.78, 5) is 39.1. The van der Waals surface area contributed by atoms with Crippen LogP contribution in [0.1, 0.15) is 36.4 Å². The van der Waals surface area contributed by atoms with Crippen molar-refractivity contribution in [3.63, 3.8) is 0 Å². The Morgan fingerprint density at radius 3 is 1.90 bits per heavy atom. The summed E-state index contributed by atoms with van der Waals surface area (Å²) >= 11 is 1.63. The first-order valence-electron chi connectivity index (χ1n) is 15.7. The lowest BCUT2D eigenvalue weighted by Gasteiger charge is -2.09. The minimum atomic E-state index is -1.33. The van der Waals surface area contributed by atoms with Crippen molar-refractivity contribution in [3.05, 3.63) is 84.0 Å². The average Bonchev–Trinajstić information content (AvgIpc) is 3.91. The Morgan fingerprint density at radius 1 is 0.694 bits per heavy atom. The molecule has 13 nitrogen and oxygen atoms in total. The van der Waals surface area contributed by atoms with E-state index in [0.29, 0.717) is 18.4 Å². The summed E-state index contributed by atoms with van der Waals surface area (Å²) < 4.78 is 24.0. The molecule has 6 heterocycles. The number of benzene rings is 2. The Hall–Kier alpha value is -5.28. The topological polar surface area (TPSA) is 176 Å². The van der Waals surface area contributed by atoms with Crippen LogP contribution in [0.2, 0.25) is 0 Å². The molecule has 1 unspecified atom stereocenters. The van der Waals surface area contributed by atoms with Crippen LogP contribution in [0.15, 0.2) is 71.8 Å². The number of pyridine rings is 2. The minimum Gasteiger partial charge on any atom is -0.493 e. The van der Waals surface area contributed by atoms with Gasteiger partial charge in [-0.05, 0) is 64.1 Å². The molecular weight excluding hydrogens is 661 g/mol. The molecule has 4 N–H and O–H groups in total. The van der Waals surface area contributed by atoms with Crippen molar-refractivity contribution in [2.75, 3.05) is 13.2 Å². The summed E-state index contributed by atoms with van der Waals surface area (Å²) in [5.74, 6) is 2.69. The van der Waals surface area contributed by atoms with Crippen LogP contribution in [0.3, 0.4) is 0 Å². The molecule has 0 aliphatic heterocycles. The highest BCUT2D eigenvalue weighted by atomic mass is 32.2. The highest BCUT2D eigenvalue weighted by Crippen LogP contribution is 2.28. The van der Waals surface area contributed by atoms with Crippen molar-refractivity contribution in [1.82, 2.24) is 49.8 Å². The van der Waals surface area contributed by atoms with Crippen molar-refractivity contribution in [3.8, 4) is 11.5 Å². The monoisotopic (exact) mass is 694 g/mol. The fourth-order valence-corrected chi connectivity index (χ4v) is 7.38. The van der Waals surface area contributed by atoms with Crippen LogP contribution in [0, 0.1) is 13.8 Å². The normalized spacial score (nSPS) is 12.1. The number of aromatic amines is 4. The predicted octanol–water partition coefficient (Wildman–Crippen LogP) is 6.68. The van der Waals surface area contributed by atoms with Crippen LogP contribution in [-0.2, 0) is 22.3 Å². The number of nitrogens with zero attached hydrogens (tertiary/aromatic N) is 6. The lowest BCUT2D eigenvalue weighted by atomic mass is 10.2. The Balaban J connectivity index is 0.000000154. The minimum absolute atomic E-state index is 0.280. The number of ether oxygens (including phenoxy) is 2. The molecule has 0 aliphatic carbocycles. The van der Waals surface area contributed by atoms with Gasteiger partial charge >= 0.3 is 0 Å². The van der Waals surface area contributed by atoms with E-state index in [4.69, 9.17) is 9.47 Å². The Kier molecular flexibility index (Phi) is 9.26. The molecule has 0 saturated heterocycles. The predicted molar refractivity (Wildman–Crippen MR) is 191 cm³/mol. The zero-order chi connectivity index (χ0) is 33.9. The number of fused-ring (bicyclic) bond motifs is 4.